The number of hydrogen-bond donors (Lipinski definition) is 1. The number of aryl methyl sites for hydroxylation is 1. The second kappa shape index (κ2) is 5.76. The number of nitrogens with one attached hydrogen (secondary N) is 1. The fraction of sp³-hybridized carbons (Fsp3) is 0.417. The van der Waals surface area contributed by atoms with Gasteiger partial charge in [0, 0.05) is 23.7 Å². The standard InChI is InChI=1S/C12H16ClNO/c1-9-5-6-11(8-12(9)13)14-7-3-4-10(2)15/h5-6,8,14H,3-4,7H2,1-2H3. The van der Waals surface area contributed by atoms with E-state index in [4.69, 9.17) is 11.6 Å². The molecule has 0 spiro atoms. The monoisotopic (exact) mass is 225 g/mol. The molecule has 0 aliphatic heterocycles. The normalized spacial score (nSPS) is 10.1. The number of ketones is 1. The molecule has 0 aliphatic carbocycles. The van der Waals surface area contributed by atoms with E-state index in [1.165, 1.54) is 0 Å². The largest absolute Gasteiger partial charge is 0.385 e. The Hall–Kier alpha value is -1.02. The van der Waals surface area contributed by atoms with Crippen molar-refractivity contribution in [3.05, 3.63) is 28.8 Å². The van der Waals surface area contributed by atoms with E-state index in [0.29, 0.717) is 6.42 Å². The lowest BCUT2D eigenvalue weighted by molar-refractivity contribution is -0.117. The van der Waals surface area contributed by atoms with Crippen LogP contribution in [0.2, 0.25) is 5.02 Å². The predicted molar refractivity (Wildman–Crippen MR) is 64.6 cm³/mol. The SMILES string of the molecule is CC(=O)CCCNc1ccc(C)c(Cl)c1. The number of halogens is 1. The molecule has 0 heterocycles. The number of benzene rings is 1. The molecule has 1 aromatic carbocycles. The van der Waals surface area contributed by atoms with Crippen LogP contribution in [0.5, 0.6) is 0 Å². The minimum atomic E-state index is 0.235. The zero-order valence-electron chi connectivity index (χ0n) is 9.14. The Morgan fingerprint density at radius 1 is 1.47 bits per heavy atom. The lowest BCUT2D eigenvalue weighted by Crippen LogP contribution is -2.03. The topological polar surface area (TPSA) is 29.1 Å². The highest BCUT2D eigenvalue weighted by molar-refractivity contribution is 6.31. The van der Waals surface area contributed by atoms with Crippen LogP contribution in [0.1, 0.15) is 25.3 Å². The zero-order chi connectivity index (χ0) is 11.3. The van der Waals surface area contributed by atoms with Gasteiger partial charge in [-0.25, -0.2) is 0 Å². The predicted octanol–water partition coefficient (Wildman–Crippen LogP) is 3.43. The summed E-state index contributed by atoms with van der Waals surface area (Å²) in [6.45, 7) is 4.39. The molecule has 0 saturated carbocycles. The number of rotatable bonds is 5. The van der Waals surface area contributed by atoms with Crippen molar-refractivity contribution in [3.8, 4) is 0 Å². The second-order valence-corrected chi connectivity index (χ2v) is 4.10. The summed E-state index contributed by atoms with van der Waals surface area (Å²) in [5, 5.41) is 4.00. The highest BCUT2D eigenvalue weighted by atomic mass is 35.5. The third kappa shape index (κ3) is 4.34. The first-order valence-electron chi connectivity index (χ1n) is 5.09. The summed E-state index contributed by atoms with van der Waals surface area (Å²) >= 11 is 5.98. The number of anilines is 1. The molecule has 0 radical (unpaired) electrons. The lowest BCUT2D eigenvalue weighted by Gasteiger charge is -2.07. The molecular formula is C12H16ClNO. The molecule has 2 nitrogen and oxygen atoms in total. The maximum atomic E-state index is 10.7. The van der Waals surface area contributed by atoms with Crippen LogP contribution in [0.4, 0.5) is 5.69 Å². The molecule has 1 N–H and O–H groups in total. The van der Waals surface area contributed by atoms with Gasteiger partial charge in [0.25, 0.3) is 0 Å². The van der Waals surface area contributed by atoms with Crippen molar-refractivity contribution in [1.82, 2.24) is 0 Å². The van der Waals surface area contributed by atoms with Gasteiger partial charge in [0.05, 0.1) is 0 Å². The molecule has 0 aliphatic rings. The van der Waals surface area contributed by atoms with Crippen molar-refractivity contribution in [2.45, 2.75) is 26.7 Å². The molecule has 3 heteroatoms. The van der Waals surface area contributed by atoms with Crippen molar-refractivity contribution < 1.29 is 4.79 Å². The Bertz CT molecular complexity index is 349. The molecule has 82 valence electrons. The van der Waals surface area contributed by atoms with Gasteiger partial charge in [-0.1, -0.05) is 17.7 Å². The lowest BCUT2D eigenvalue weighted by atomic mass is 10.2. The van der Waals surface area contributed by atoms with E-state index < -0.39 is 0 Å². The Morgan fingerprint density at radius 3 is 2.80 bits per heavy atom. The maximum absolute atomic E-state index is 10.7. The first-order valence-corrected chi connectivity index (χ1v) is 5.47. The molecule has 0 bridgehead atoms. The Morgan fingerprint density at radius 2 is 2.20 bits per heavy atom. The van der Waals surface area contributed by atoms with Crippen LogP contribution in [0.3, 0.4) is 0 Å². The van der Waals surface area contributed by atoms with Gasteiger partial charge in [-0.05, 0) is 38.0 Å². The van der Waals surface area contributed by atoms with E-state index in [2.05, 4.69) is 5.32 Å². The Balaban J connectivity index is 2.38. The third-order valence-electron chi connectivity index (χ3n) is 2.21. The molecular weight excluding hydrogens is 210 g/mol. The number of Topliss-reactive ketones (excluding diaryl/α,β-unsaturated/α-hetero) is 1. The summed E-state index contributed by atoms with van der Waals surface area (Å²) in [5.74, 6) is 0.235. The molecule has 0 atom stereocenters. The molecule has 1 aromatic rings. The highest BCUT2D eigenvalue weighted by Gasteiger charge is 1.97. The van der Waals surface area contributed by atoms with Gasteiger partial charge in [0.1, 0.15) is 5.78 Å². The number of hydrogen-bond acceptors (Lipinski definition) is 2. The van der Waals surface area contributed by atoms with Crippen molar-refractivity contribution in [2.75, 3.05) is 11.9 Å². The van der Waals surface area contributed by atoms with E-state index in [-0.39, 0.29) is 5.78 Å². The molecule has 0 amide bonds. The van der Waals surface area contributed by atoms with Crippen molar-refractivity contribution in [2.24, 2.45) is 0 Å². The van der Waals surface area contributed by atoms with Crippen LogP contribution in [0.25, 0.3) is 0 Å². The van der Waals surface area contributed by atoms with Crippen LogP contribution >= 0.6 is 11.6 Å². The van der Waals surface area contributed by atoms with Crippen LogP contribution in [0, 0.1) is 6.92 Å². The van der Waals surface area contributed by atoms with Crippen LogP contribution in [-0.4, -0.2) is 12.3 Å². The average molecular weight is 226 g/mol. The third-order valence-corrected chi connectivity index (χ3v) is 2.61. The smallest absolute Gasteiger partial charge is 0.129 e. The van der Waals surface area contributed by atoms with E-state index in [1.54, 1.807) is 6.92 Å². The number of carbonyl (C=O) groups is 1. The van der Waals surface area contributed by atoms with E-state index in [0.717, 1.165) is 29.2 Å². The molecule has 1 rings (SSSR count). The van der Waals surface area contributed by atoms with E-state index in [1.807, 2.05) is 25.1 Å². The van der Waals surface area contributed by atoms with Crippen molar-refractivity contribution in [1.29, 1.82) is 0 Å². The van der Waals surface area contributed by atoms with E-state index in [9.17, 15) is 4.79 Å². The summed E-state index contributed by atoms with van der Waals surface area (Å²) in [5.41, 5.74) is 2.08. The van der Waals surface area contributed by atoms with Crippen molar-refractivity contribution in [3.63, 3.8) is 0 Å². The first kappa shape index (κ1) is 12.1. The summed E-state index contributed by atoms with van der Waals surface area (Å²) in [4.78, 5) is 10.7. The molecule has 15 heavy (non-hydrogen) atoms. The summed E-state index contributed by atoms with van der Waals surface area (Å²) < 4.78 is 0. The minimum Gasteiger partial charge on any atom is -0.385 e. The fourth-order valence-electron chi connectivity index (χ4n) is 1.27. The highest BCUT2D eigenvalue weighted by Crippen LogP contribution is 2.19. The molecule has 0 aromatic heterocycles. The zero-order valence-corrected chi connectivity index (χ0v) is 9.90. The molecule has 0 fully saturated rings. The van der Waals surface area contributed by atoms with Crippen LogP contribution < -0.4 is 5.32 Å². The Kier molecular flexibility index (Phi) is 4.63. The van der Waals surface area contributed by atoms with Gasteiger partial charge >= 0.3 is 0 Å². The average Bonchev–Trinajstić information content (AvgIpc) is 2.18. The van der Waals surface area contributed by atoms with Gasteiger partial charge in [0.2, 0.25) is 0 Å². The summed E-state index contributed by atoms with van der Waals surface area (Å²) in [6.07, 6.45) is 1.49. The van der Waals surface area contributed by atoms with Gasteiger partial charge in [-0.2, -0.15) is 0 Å². The minimum absolute atomic E-state index is 0.235. The molecule has 0 saturated heterocycles. The maximum Gasteiger partial charge on any atom is 0.129 e. The quantitative estimate of drug-likeness (QED) is 0.778. The second-order valence-electron chi connectivity index (χ2n) is 3.70. The van der Waals surface area contributed by atoms with Gasteiger partial charge in [-0.15, -0.1) is 0 Å². The van der Waals surface area contributed by atoms with Gasteiger partial charge in [-0.3, -0.25) is 0 Å². The fourth-order valence-corrected chi connectivity index (χ4v) is 1.45. The van der Waals surface area contributed by atoms with Gasteiger partial charge in [0.15, 0.2) is 0 Å². The Labute approximate surface area is 95.6 Å². The van der Waals surface area contributed by atoms with Gasteiger partial charge < -0.3 is 10.1 Å². The van der Waals surface area contributed by atoms with E-state index >= 15 is 0 Å². The molecule has 0 unspecified atom stereocenters. The summed E-state index contributed by atoms with van der Waals surface area (Å²) in [7, 11) is 0. The number of carbonyl (C=O) groups excluding carboxylic acids is 1. The van der Waals surface area contributed by atoms with Crippen molar-refractivity contribution >= 4 is 23.1 Å². The van der Waals surface area contributed by atoms with Crippen LogP contribution in [-0.2, 0) is 4.79 Å². The summed E-state index contributed by atoms with van der Waals surface area (Å²) in [6, 6.07) is 5.88. The van der Waals surface area contributed by atoms with Crippen LogP contribution in [0.15, 0.2) is 18.2 Å². The first-order chi connectivity index (χ1) is 7.09.